The van der Waals surface area contributed by atoms with E-state index >= 15 is 0 Å². The van der Waals surface area contributed by atoms with Crippen LogP contribution in [0.25, 0.3) is 10.9 Å². The molecule has 1 N–H and O–H groups in total. The molecule has 1 saturated heterocycles. The van der Waals surface area contributed by atoms with Gasteiger partial charge in [0.1, 0.15) is 0 Å². The van der Waals surface area contributed by atoms with Crippen LogP contribution in [-0.2, 0) is 4.79 Å². The van der Waals surface area contributed by atoms with E-state index in [0.29, 0.717) is 11.7 Å². The number of hydrogen-bond donors (Lipinski definition) is 1. The van der Waals surface area contributed by atoms with E-state index < -0.39 is 0 Å². The van der Waals surface area contributed by atoms with Crippen molar-refractivity contribution in [1.82, 2.24) is 24.9 Å². The van der Waals surface area contributed by atoms with Crippen LogP contribution in [0, 0.1) is 0 Å². The second kappa shape index (κ2) is 5.91. The molecule has 3 aromatic rings. The largest absolute Gasteiger partial charge is 0.360 e. The Hall–Kier alpha value is -2.28. The summed E-state index contributed by atoms with van der Waals surface area (Å²) in [6, 6.07) is 8.45. The van der Waals surface area contributed by atoms with E-state index in [0.717, 1.165) is 29.2 Å². The highest BCUT2D eigenvalue weighted by Crippen LogP contribution is 2.39. The van der Waals surface area contributed by atoms with Gasteiger partial charge in [-0.25, -0.2) is 4.68 Å². The average Bonchev–Trinajstić information content (AvgIpc) is 3.18. The molecule has 0 radical (unpaired) electrons. The molecule has 0 spiro atoms. The highest BCUT2D eigenvalue weighted by Gasteiger charge is 2.34. The van der Waals surface area contributed by atoms with Crippen molar-refractivity contribution in [3.05, 3.63) is 42.4 Å². The van der Waals surface area contributed by atoms with Gasteiger partial charge >= 0.3 is 0 Å². The number of carbonyl (C=O) groups excluding carboxylic acids is 1. The van der Waals surface area contributed by atoms with Crippen LogP contribution < -0.4 is 0 Å². The first-order chi connectivity index (χ1) is 12.3. The Bertz CT molecular complexity index is 922. The number of thioether (sulfide) groups is 1. The van der Waals surface area contributed by atoms with Gasteiger partial charge < -0.3 is 9.88 Å². The molecular weight excluding hydrogens is 334 g/mol. The van der Waals surface area contributed by atoms with Crippen LogP contribution in [-0.4, -0.2) is 49.6 Å². The molecule has 1 saturated carbocycles. The fourth-order valence-electron chi connectivity index (χ4n) is 3.26. The minimum Gasteiger partial charge on any atom is -0.360 e. The van der Waals surface area contributed by atoms with E-state index in [1.165, 1.54) is 18.2 Å². The second-order valence-corrected chi connectivity index (χ2v) is 7.85. The maximum atomic E-state index is 12.4. The molecule has 0 bridgehead atoms. The van der Waals surface area contributed by atoms with Crippen molar-refractivity contribution in [2.24, 2.45) is 0 Å². The van der Waals surface area contributed by atoms with E-state index in [4.69, 9.17) is 0 Å². The summed E-state index contributed by atoms with van der Waals surface area (Å²) < 4.78 is 1.93. The molecule has 1 amide bonds. The van der Waals surface area contributed by atoms with Gasteiger partial charge in [0.25, 0.3) is 0 Å². The Morgan fingerprint density at radius 1 is 1.28 bits per heavy atom. The number of amides is 1. The van der Waals surface area contributed by atoms with Crippen molar-refractivity contribution in [3.63, 3.8) is 0 Å². The van der Waals surface area contributed by atoms with Crippen molar-refractivity contribution in [2.75, 3.05) is 18.8 Å². The Balaban J connectivity index is 1.16. The number of fused-ring (bicyclic) bond motifs is 1. The molecule has 1 aliphatic carbocycles. The number of aromatic amines is 1. The maximum absolute atomic E-state index is 12.4. The minimum absolute atomic E-state index is 0.189. The van der Waals surface area contributed by atoms with Gasteiger partial charge in [-0.3, -0.25) is 4.79 Å². The molecule has 2 aromatic heterocycles. The molecule has 5 rings (SSSR count). The molecule has 25 heavy (non-hydrogen) atoms. The van der Waals surface area contributed by atoms with Gasteiger partial charge in [-0.2, -0.15) is 0 Å². The molecule has 2 fully saturated rings. The molecule has 1 aromatic carbocycles. The van der Waals surface area contributed by atoms with Gasteiger partial charge in [0.15, 0.2) is 0 Å². The summed E-state index contributed by atoms with van der Waals surface area (Å²) in [5.74, 6) is 1.28. The smallest absolute Gasteiger partial charge is 0.233 e. The second-order valence-electron chi connectivity index (χ2n) is 6.84. The standard InChI is InChI=1S/C18H19N5OS/c24-18(11-25-17-7-19-15-4-2-1-3-14(15)17)22-8-13(9-22)23-10-16(20-21-23)12-5-6-12/h1-4,7,10,12-13,19H,5-6,8-9,11H2. The van der Waals surface area contributed by atoms with Gasteiger partial charge in [0.2, 0.25) is 5.91 Å². The SMILES string of the molecule is O=C(CSc1c[nH]c2ccccc12)N1CC(n2cc(C3CC3)nn2)C1. The van der Waals surface area contributed by atoms with Gasteiger partial charge in [0.05, 0.1) is 17.5 Å². The molecule has 1 aliphatic heterocycles. The number of benzene rings is 1. The average molecular weight is 353 g/mol. The zero-order valence-corrected chi connectivity index (χ0v) is 14.6. The Labute approximate surface area is 149 Å². The van der Waals surface area contributed by atoms with Crippen LogP contribution in [0.3, 0.4) is 0 Å². The third-order valence-corrected chi connectivity index (χ3v) is 6.06. The van der Waals surface area contributed by atoms with Crippen LogP contribution in [0.5, 0.6) is 0 Å². The molecule has 6 nitrogen and oxygen atoms in total. The highest BCUT2D eigenvalue weighted by atomic mass is 32.2. The van der Waals surface area contributed by atoms with E-state index in [1.54, 1.807) is 11.8 Å². The van der Waals surface area contributed by atoms with Crippen LogP contribution in [0.1, 0.15) is 30.5 Å². The summed E-state index contributed by atoms with van der Waals surface area (Å²) in [6.07, 6.45) is 6.51. The zero-order chi connectivity index (χ0) is 16.8. The Morgan fingerprint density at radius 3 is 2.96 bits per heavy atom. The monoisotopic (exact) mass is 353 g/mol. The van der Waals surface area contributed by atoms with E-state index in [2.05, 4.69) is 33.6 Å². The van der Waals surface area contributed by atoms with Crippen molar-refractivity contribution in [3.8, 4) is 0 Å². The lowest BCUT2D eigenvalue weighted by Gasteiger charge is -2.38. The number of H-pyrrole nitrogens is 1. The summed E-state index contributed by atoms with van der Waals surface area (Å²) in [5.41, 5.74) is 2.22. The third-order valence-electron chi connectivity index (χ3n) is 5.02. The molecule has 128 valence electrons. The zero-order valence-electron chi connectivity index (χ0n) is 13.8. The lowest BCUT2D eigenvalue weighted by molar-refractivity contribution is -0.134. The first-order valence-electron chi connectivity index (χ1n) is 8.66. The summed E-state index contributed by atoms with van der Waals surface area (Å²) in [7, 11) is 0. The fourth-order valence-corrected chi connectivity index (χ4v) is 4.19. The number of carbonyl (C=O) groups is 1. The number of hydrogen-bond acceptors (Lipinski definition) is 4. The minimum atomic E-state index is 0.189. The molecular formula is C18H19N5OS. The quantitative estimate of drug-likeness (QED) is 0.716. The first kappa shape index (κ1) is 15.0. The van der Waals surface area contributed by atoms with Crippen molar-refractivity contribution >= 4 is 28.6 Å². The van der Waals surface area contributed by atoms with Crippen molar-refractivity contribution in [1.29, 1.82) is 0 Å². The van der Waals surface area contributed by atoms with Crippen LogP contribution in [0.4, 0.5) is 0 Å². The van der Waals surface area contributed by atoms with Gasteiger partial charge in [0, 0.05) is 47.2 Å². The van der Waals surface area contributed by atoms with Crippen LogP contribution in [0.2, 0.25) is 0 Å². The van der Waals surface area contributed by atoms with E-state index in [9.17, 15) is 4.79 Å². The maximum Gasteiger partial charge on any atom is 0.233 e. The van der Waals surface area contributed by atoms with Crippen LogP contribution >= 0.6 is 11.8 Å². The van der Waals surface area contributed by atoms with E-state index in [-0.39, 0.29) is 11.9 Å². The first-order valence-corrected chi connectivity index (χ1v) is 9.65. The van der Waals surface area contributed by atoms with Crippen LogP contribution in [0.15, 0.2) is 41.6 Å². The summed E-state index contributed by atoms with van der Waals surface area (Å²) >= 11 is 1.60. The van der Waals surface area contributed by atoms with Crippen molar-refractivity contribution < 1.29 is 4.79 Å². The topological polar surface area (TPSA) is 66.8 Å². The lowest BCUT2D eigenvalue weighted by Crippen LogP contribution is -2.51. The fraction of sp³-hybridized carbons (Fsp3) is 0.389. The normalized spacial score (nSPS) is 17.8. The molecule has 3 heterocycles. The number of nitrogens with zero attached hydrogens (tertiary/aromatic N) is 4. The lowest BCUT2D eigenvalue weighted by atomic mass is 10.1. The van der Waals surface area contributed by atoms with Gasteiger partial charge in [-0.15, -0.1) is 16.9 Å². The molecule has 7 heteroatoms. The summed E-state index contributed by atoms with van der Waals surface area (Å²) in [5, 5.41) is 9.66. The molecule has 0 unspecified atom stereocenters. The van der Waals surface area contributed by atoms with Gasteiger partial charge in [-0.05, 0) is 18.9 Å². The predicted octanol–water partition coefficient (Wildman–Crippen LogP) is 2.81. The Morgan fingerprint density at radius 2 is 2.12 bits per heavy atom. The third kappa shape index (κ3) is 2.82. The number of para-hydroxylation sites is 1. The number of rotatable bonds is 5. The van der Waals surface area contributed by atoms with E-state index in [1.807, 2.05) is 27.9 Å². The van der Waals surface area contributed by atoms with Gasteiger partial charge in [-0.1, -0.05) is 23.4 Å². The number of nitrogens with one attached hydrogen (secondary N) is 1. The summed E-state index contributed by atoms with van der Waals surface area (Å²) in [4.78, 5) is 18.7. The number of aromatic nitrogens is 4. The summed E-state index contributed by atoms with van der Waals surface area (Å²) in [6.45, 7) is 1.47. The number of likely N-dealkylation sites (tertiary alicyclic amines) is 1. The Kier molecular flexibility index (Phi) is 3.55. The molecule has 0 atom stereocenters. The molecule has 2 aliphatic rings. The predicted molar refractivity (Wildman–Crippen MR) is 96.6 cm³/mol. The highest BCUT2D eigenvalue weighted by molar-refractivity contribution is 8.00. The van der Waals surface area contributed by atoms with Crippen molar-refractivity contribution in [2.45, 2.75) is 29.7 Å².